The number of anilines is 1. The van der Waals surface area contributed by atoms with Crippen LogP contribution in [-0.2, 0) is 32.6 Å². The number of hydrogen-bond acceptors (Lipinski definition) is 6. The van der Waals surface area contributed by atoms with Crippen molar-refractivity contribution in [2.45, 2.75) is 37.8 Å². The van der Waals surface area contributed by atoms with Gasteiger partial charge in [0.2, 0.25) is 11.8 Å². The summed E-state index contributed by atoms with van der Waals surface area (Å²) < 4.78 is 29.7. The molecule has 0 saturated carbocycles. The summed E-state index contributed by atoms with van der Waals surface area (Å²) in [5.41, 5.74) is 1.39. The Hall–Kier alpha value is -4.55. The molecule has 4 aromatic carbocycles. The molecule has 0 aromatic heterocycles. The normalized spacial score (nSPS) is 11.9. The first-order valence-electron chi connectivity index (χ1n) is 14.6. The van der Waals surface area contributed by atoms with E-state index in [1.807, 2.05) is 68.4 Å². The zero-order valence-corrected chi connectivity index (χ0v) is 27.9. The fourth-order valence-corrected chi connectivity index (χ4v) is 6.68. The maximum Gasteiger partial charge on any atom is 0.269 e. The number of benzene rings is 4. The molecule has 240 valence electrons. The molecule has 0 bridgehead atoms. The number of rotatable bonds is 14. The predicted octanol–water partition coefficient (Wildman–Crippen LogP) is 5.96. The van der Waals surface area contributed by atoms with Crippen molar-refractivity contribution in [2.24, 2.45) is 5.92 Å². The molecule has 0 radical (unpaired) electrons. The Morgan fingerprint density at radius 1 is 0.870 bits per heavy atom. The average Bonchev–Trinajstić information content (AvgIpc) is 3.05. The number of nitrogens with one attached hydrogen (secondary N) is 1. The molecule has 0 fully saturated rings. The van der Waals surface area contributed by atoms with Crippen molar-refractivity contribution in [1.29, 1.82) is 0 Å². The Labute approximate surface area is 277 Å². The maximum absolute atomic E-state index is 14.5. The number of halogens is 1. The Kier molecular flexibility index (Phi) is 11.7. The summed E-state index contributed by atoms with van der Waals surface area (Å²) in [5.74, 6) is -0.837. The molecule has 10 nitrogen and oxygen atoms in total. The van der Waals surface area contributed by atoms with Gasteiger partial charge in [-0.3, -0.25) is 24.0 Å². The zero-order chi connectivity index (χ0) is 33.3. The SMILES string of the molecule is CC(C)CNC(=O)[C@@H](Cc1ccccc1)N(Cc1cccc(Br)c1)C(=O)CN(c1ccc([N+](=O)[O-])cc1)S(=O)(=O)c1ccccc1. The number of nitro benzene ring substituents is 1. The highest BCUT2D eigenvalue weighted by Crippen LogP contribution is 2.27. The van der Waals surface area contributed by atoms with Gasteiger partial charge in [0.05, 0.1) is 15.5 Å². The Balaban J connectivity index is 1.80. The van der Waals surface area contributed by atoms with Crippen molar-refractivity contribution in [3.8, 4) is 0 Å². The molecule has 1 atom stereocenters. The second-order valence-electron chi connectivity index (χ2n) is 11.1. The first-order chi connectivity index (χ1) is 22.0. The van der Waals surface area contributed by atoms with Gasteiger partial charge in [-0.15, -0.1) is 0 Å². The minimum Gasteiger partial charge on any atom is -0.354 e. The molecule has 4 aromatic rings. The lowest BCUT2D eigenvalue weighted by molar-refractivity contribution is -0.384. The van der Waals surface area contributed by atoms with Gasteiger partial charge in [0.15, 0.2) is 0 Å². The lowest BCUT2D eigenvalue weighted by Gasteiger charge is -2.34. The molecule has 0 aliphatic rings. The van der Waals surface area contributed by atoms with Crippen LogP contribution in [0, 0.1) is 16.0 Å². The number of carbonyl (C=O) groups excluding carboxylic acids is 2. The van der Waals surface area contributed by atoms with Crippen molar-refractivity contribution in [1.82, 2.24) is 10.2 Å². The first kappa shape index (κ1) is 34.3. The predicted molar refractivity (Wildman–Crippen MR) is 181 cm³/mol. The Morgan fingerprint density at radius 3 is 2.07 bits per heavy atom. The molecule has 12 heteroatoms. The minimum atomic E-state index is -4.31. The highest BCUT2D eigenvalue weighted by Gasteiger charge is 2.34. The number of amides is 2. The van der Waals surface area contributed by atoms with Gasteiger partial charge >= 0.3 is 0 Å². The highest BCUT2D eigenvalue weighted by atomic mass is 79.9. The van der Waals surface area contributed by atoms with Gasteiger partial charge in [0.1, 0.15) is 12.6 Å². The van der Waals surface area contributed by atoms with E-state index in [-0.39, 0.29) is 41.1 Å². The molecule has 0 aliphatic heterocycles. The number of nitro groups is 1. The second kappa shape index (κ2) is 15.6. The Morgan fingerprint density at radius 2 is 1.48 bits per heavy atom. The van der Waals surface area contributed by atoms with Gasteiger partial charge in [-0.25, -0.2) is 8.42 Å². The van der Waals surface area contributed by atoms with Gasteiger partial charge in [-0.1, -0.05) is 90.4 Å². The minimum absolute atomic E-state index is 0.0182. The standard InChI is InChI=1S/C34H35BrN4O6S/c1-25(2)22-36-34(41)32(21-26-10-5-3-6-11-26)37(23-27-12-9-13-28(35)20-27)33(40)24-38(29-16-18-30(19-17-29)39(42)43)46(44,45)31-14-7-4-8-15-31/h3-20,25,32H,21-24H2,1-2H3,(H,36,41)/t32-/m1/s1. The molecule has 1 N–H and O–H groups in total. The quantitative estimate of drug-likeness (QED) is 0.127. The van der Waals surface area contributed by atoms with Crippen molar-refractivity contribution in [3.05, 3.63) is 135 Å². The van der Waals surface area contributed by atoms with Crippen LogP contribution >= 0.6 is 15.9 Å². The number of sulfonamides is 1. The lowest BCUT2D eigenvalue weighted by atomic mass is 10.0. The van der Waals surface area contributed by atoms with E-state index in [1.54, 1.807) is 18.2 Å². The Bertz CT molecular complexity index is 1750. The van der Waals surface area contributed by atoms with E-state index in [4.69, 9.17) is 0 Å². The summed E-state index contributed by atoms with van der Waals surface area (Å²) in [5, 5.41) is 14.3. The van der Waals surface area contributed by atoms with Crippen LogP contribution in [0.5, 0.6) is 0 Å². The lowest BCUT2D eigenvalue weighted by Crippen LogP contribution is -2.53. The summed E-state index contributed by atoms with van der Waals surface area (Å²) >= 11 is 3.47. The number of hydrogen-bond donors (Lipinski definition) is 1. The van der Waals surface area contributed by atoms with E-state index in [9.17, 15) is 28.1 Å². The highest BCUT2D eigenvalue weighted by molar-refractivity contribution is 9.10. The second-order valence-corrected chi connectivity index (χ2v) is 13.9. The van der Waals surface area contributed by atoms with Crippen LogP contribution < -0.4 is 9.62 Å². The maximum atomic E-state index is 14.5. The molecule has 0 aliphatic carbocycles. The van der Waals surface area contributed by atoms with Gasteiger partial charge in [-0.2, -0.15) is 0 Å². The average molecular weight is 708 g/mol. The molecule has 0 spiro atoms. The monoisotopic (exact) mass is 706 g/mol. The summed E-state index contributed by atoms with van der Waals surface area (Å²) in [6.07, 6.45) is 0.188. The topological polar surface area (TPSA) is 130 Å². The van der Waals surface area contributed by atoms with Crippen molar-refractivity contribution in [3.63, 3.8) is 0 Å². The molecular formula is C34H35BrN4O6S. The fraction of sp³-hybridized carbons (Fsp3) is 0.235. The van der Waals surface area contributed by atoms with Crippen LogP contribution in [0.15, 0.2) is 119 Å². The van der Waals surface area contributed by atoms with Crippen LogP contribution in [0.25, 0.3) is 0 Å². The van der Waals surface area contributed by atoms with E-state index in [2.05, 4.69) is 21.2 Å². The molecule has 0 heterocycles. The molecule has 2 amide bonds. The largest absolute Gasteiger partial charge is 0.354 e. The smallest absolute Gasteiger partial charge is 0.269 e. The molecule has 46 heavy (non-hydrogen) atoms. The van der Waals surface area contributed by atoms with E-state index in [0.29, 0.717) is 6.54 Å². The molecule has 0 unspecified atom stereocenters. The number of carbonyl (C=O) groups is 2. The van der Waals surface area contributed by atoms with Gasteiger partial charge in [-0.05, 0) is 53.4 Å². The van der Waals surface area contributed by atoms with Crippen LogP contribution in [-0.4, -0.2) is 49.2 Å². The van der Waals surface area contributed by atoms with Crippen LogP contribution in [0.2, 0.25) is 0 Å². The van der Waals surface area contributed by atoms with Gasteiger partial charge in [0.25, 0.3) is 15.7 Å². The third-order valence-electron chi connectivity index (χ3n) is 7.16. The third-order valence-corrected chi connectivity index (χ3v) is 9.44. The summed E-state index contributed by atoms with van der Waals surface area (Å²) in [6.45, 7) is 3.68. The zero-order valence-electron chi connectivity index (χ0n) is 25.5. The molecule has 4 rings (SSSR count). The van der Waals surface area contributed by atoms with Crippen molar-refractivity contribution in [2.75, 3.05) is 17.4 Å². The van der Waals surface area contributed by atoms with E-state index in [0.717, 1.165) is 19.9 Å². The molecule has 0 saturated heterocycles. The summed E-state index contributed by atoms with van der Waals surface area (Å²) in [6, 6.07) is 28.2. The van der Waals surface area contributed by atoms with Crippen LogP contribution in [0.3, 0.4) is 0 Å². The fourth-order valence-electron chi connectivity index (χ4n) is 4.80. The summed E-state index contributed by atoms with van der Waals surface area (Å²) in [7, 11) is -4.31. The third kappa shape index (κ3) is 9.01. The van der Waals surface area contributed by atoms with Crippen LogP contribution in [0.1, 0.15) is 25.0 Å². The molecular weight excluding hydrogens is 672 g/mol. The van der Waals surface area contributed by atoms with E-state index in [1.165, 1.54) is 41.3 Å². The van der Waals surface area contributed by atoms with Crippen molar-refractivity contribution >= 4 is 49.1 Å². The first-order valence-corrected chi connectivity index (χ1v) is 16.9. The van der Waals surface area contributed by atoms with Crippen LogP contribution in [0.4, 0.5) is 11.4 Å². The van der Waals surface area contributed by atoms with E-state index < -0.39 is 33.4 Å². The number of nitrogens with zero attached hydrogens (tertiary/aromatic N) is 3. The van der Waals surface area contributed by atoms with Crippen molar-refractivity contribution < 1.29 is 22.9 Å². The van der Waals surface area contributed by atoms with E-state index >= 15 is 0 Å². The van der Waals surface area contributed by atoms with Gasteiger partial charge < -0.3 is 10.2 Å². The summed E-state index contributed by atoms with van der Waals surface area (Å²) in [4.78, 5) is 40.4. The number of non-ortho nitro benzene ring substituents is 1. The van der Waals surface area contributed by atoms with Gasteiger partial charge in [0, 0.05) is 36.1 Å².